The van der Waals surface area contributed by atoms with Crippen molar-refractivity contribution in [2.24, 2.45) is 0 Å². The van der Waals surface area contributed by atoms with Gasteiger partial charge in [-0.1, -0.05) is 30.3 Å². The largest absolute Gasteiger partial charge is 0.480 e. The van der Waals surface area contributed by atoms with Gasteiger partial charge in [0.2, 0.25) is 10.0 Å². The number of benzene rings is 1. The van der Waals surface area contributed by atoms with Crippen LogP contribution in [0.2, 0.25) is 0 Å². The molecule has 0 saturated carbocycles. The molecule has 0 amide bonds. The van der Waals surface area contributed by atoms with Crippen LogP contribution in [-0.2, 0) is 21.4 Å². The molecule has 1 aromatic carbocycles. The first-order valence-electron chi connectivity index (χ1n) is 6.61. The lowest BCUT2D eigenvalue weighted by atomic mass is 10.2. The van der Waals surface area contributed by atoms with Crippen LogP contribution in [0, 0.1) is 0 Å². The molecule has 2 rings (SSSR count). The average molecular weight is 320 g/mol. The zero-order chi connectivity index (χ0) is 16.2. The summed E-state index contributed by atoms with van der Waals surface area (Å²) in [4.78, 5) is 15.0. The third kappa shape index (κ3) is 3.49. The van der Waals surface area contributed by atoms with Gasteiger partial charge in [0.15, 0.2) is 0 Å². The highest BCUT2D eigenvalue weighted by Gasteiger charge is 2.33. The summed E-state index contributed by atoms with van der Waals surface area (Å²) in [5.41, 5.74) is 0.711. The summed E-state index contributed by atoms with van der Waals surface area (Å²) < 4.78 is 26.4. The molecule has 22 heavy (non-hydrogen) atoms. The fourth-order valence-electron chi connectivity index (χ4n) is 1.95. The Labute approximate surface area is 129 Å². The standard InChI is InChI=1S/C15H16N2O4S/c1-12(15(18)19)17(11-13-6-3-2-4-7-13)22(20,21)14-8-5-9-16-10-14/h2-10,12H,11H2,1H3,(H,18,19). The van der Waals surface area contributed by atoms with Crippen LogP contribution in [0.4, 0.5) is 0 Å². The number of aromatic nitrogens is 1. The van der Waals surface area contributed by atoms with Crippen LogP contribution >= 0.6 is 0 Å². The van der Waals surface area contributed by atoms with E-state index in [2.05, 4.69) is 4.98 Å². The quantitative estimate of drug-likeness (QED) is 0.876. The molecule has 0 fully saturated rings. The number of rotatable bonds is 6. The summed E-state index contributed by atoms with van der Waals surface area (Å²) in [6, 6.07) is 10.6. The predicted molar refractivity (Wildman–Crippen MR) is 80.5 cm³/mol. The second-order valence-electron chi connectivity index (χ2n) is 4.74. The van der Waals surface area contributed by atoms with Crippen molar-refractivity contribution >= 4 is 16.0 Å². The Morgan fingerprint density at radius 2 is 1.91 bits per heavy atom. The van der Waals surface area contributed by atoms with Gasteiger partial charge in [0.25, 0.3) is 0 Å². The third-order valence-corrected chi connectivity index (χ3v) is 5.11. The number of aliphatic carboxylic acids is 1. The number of carboxylic acids is 1. The van der Waals surface area contributed by atoms with Crippen molar-refractivity contribution < 1.29 is 18.3 Å². The van der Waals surface area contributed by atoms with Crippen LogP contribution in [0.15, 0.2) is 59.8 Å². The van der Waals surface area contributed by atoms with Crippen LogP contribution in [0.25, 0.3) is 0 Å². The number of carboxylic acid groups (broad SMARTS) is 1. The Balaban J connectivity index is 2.42. The molecule has 7 heteroatoms. The van der Waals surface area contributed by atoms with Gasteiger partial charge in [0, 0.05) is 18.9 Å². The smallest absolute Gasteiger partial charge is 0.321 e. The van der Waals surface area contributed by atoms with Gasteiger partial charge >= 0.3 is 5.97 Å². The second kappa shape index (κ2) is 6.67. The number of sulfonamides is 1. The first kappa shape index (κ1) is 16.1. The zero-order valence-electron chi connectivity index (χ0n) is 12.0. The Hall–Kier alpha value is -2.25. The van der Waals surface area contributed by atoms with Gasteiger partial charge in [-0.3, -0.25) is 9.78 Å². The van der Waals surface area contributed by atoms with E-state index >= 15 is 0 Å². The predicted octanol–water partition coefficient (Wildman–Crippen LogP) is 1.75. The highest BCUT2D eigenvalue weighted by atomic mass is 32.2. The molecular weight excluding hydrogens is 304 g/mol. The van der Waals surface area contributed by atoms with Crippen LogP contribution in [0.1, 0.15) is 12.5 Å². The zero-order valence-corrected chi connectivity index (χ0v) is 12.8. The Kier molecular flexibility index (Phi) is 4.89. The fraction of sp³-hybridized carbons (Fsp3) is 0.200. The summed E-state index contributed by atoms with van der Waals surface area (Å²) in [7, 11) is -3.95. The summed E-state index contributed by atoms with van der Waals surface area (Å²) in [5.74, 6) is -1.21. The molecule has 1 aromatic heterocycles. The molecule has 1 atom stereocenters. The molecule has 0 radical (unpaired) electrons. The first-order valence-corrected chi connectivity index (χ1v) is 8.05. The minimum absolute atomic E-state index is 0.0223. The van der Waals surface area contributed by atoms with E-state index in [-0.39, 0.29) is 11.4 Å². The van der Waals surface area contributed by atoms with Gasteiger partial charge in [0.05, 0.1) is 0 Å². The molecule has 0 aliphatic heterocycles. The Morgan fingerprint density at radius 3 is 2.45 bits per heavy atom. The monoisotopic (exact) mass is 320 g/mol. The molecule has 0 saturated heterocycles. The molecule has 1 N–H and O–H groups in total. The van der Waals surface area contributed by atoms with Gasteiger partial charge in [-0.05, 0) is 24.6 Å². The fourth-order valence-corrected chi connectivity index (χ4v) is 3.49. The molecule has 2 aromatic rings. The van der Waals surface area contributed by atoms with E-state index in [1.54, 1.807) is 24.3 Å². The number of nitrogens with zero attached hydrogens (tertiary/aromatic N) is 2. The molecule has 116 valence electrons. The van der Waals surface area contributed by atoms with Crippen LogP contribution < -0.4 is 0 Å². The summed E-state index contributed by atoms with van der Waals surface area (Å²) in [5, 5.41) is 9.22. The summed E-state index contributed by atoms with van der Waals surface area (Å²) >= 11 is 0. The number of pyridine rings is 1. The lowest BCUT2D eigenvalue weighted by molar-refractivity contribution is -0.141. The number of hydrogen-bond donors (Lipinski definition) is 1. The SMILES string of the molecule is CC(C(=O)O)N(Cc1ccccc1)S(=O)(=O)c1cccnc1. The molecule has 0 bridgehead atoms. The molecule has 0 aliphatic carbocycles. The lowest BCUT2D eigenvalue weighted by Gasteiger charge is -2.25. The van der Waals surface area contributed by atoms with Crippen molar-refractivity contribution in [3.8, 4) is 0 Å². The van der Waals surface area contributed by atoms with E-state index in [0.29, 0.717) is 5.56 Å². The number of carbonyl (C=O) groups is 1. The second-order valence-corrected chi connectivity index (χ2v) is 6.63. The molecule has 6 nitrogen and oxygen atoms in total. The van der Waals surface area contributed by atoms with Crippen molar-refractivity contribution in [2.45, 2.75) is 24.4 Å². The first-order chi connectivity index (χ1) is 10.4. The van der Waals surface area contributed by atoms with Crippen molar-refractivity contribution in [1.82, 2.24) is 9.29 Å². The molecule has 0 spiro atoms. The van der Waals surface area contributed by atoms with Crippen molar-refractivity contribution in [2.75, 3.05) is 0 Å². The van der Waals surface area contributed by atoms with E-state index in [9.17, 15) is 18.3 Å². The topological polar surface area (TPSA) is 87.6 Å². The van der Waals surface area contributed by atoms with Crippen molar-refractivity contribution in [3.05, 3.63) is 60.4 Å². The van der Waals surface area contributed by atoms with Crippen LogP contribution in [0.3, 0.4) is 0 Å². The van der Waals surface area contributed by atoms with Crippen LogP contribution in [0.5, 0.6) is 0 Å². The average Bonchev–Trinajstić information content (AvgIpc) is 2.53. The lowest BCUT2D eigenvalue weighted by Crippen LogP contribution is -2.42. The maximum atomic E-state index is 12.7. The Morgan fingerprint density at radius 1 is 1.23 bits per heavy atom. The molecule has 1 unspecified atom stereocenters. The minimum atomic E-state index is -3.95. The van der Waals surface area contributed by atoms with Gasteiger partial charge in [0.1, 0.15) is 10.9 Å². The van der Waals surface area contributed by atoms with Gasteiger partial charge < -0.3 is 5.11 Å². The van der Waals surface area contributed by atoms with Gasteiger partial charge in [-0.15, -0.1) is 0 Å². The maximum Gasteiger partial charge on any atom is 0.321 e. The Bertz CT molecular complexity index is 733. The minimum Gasteiger partial charge on any atom is -0.480 e. The normalized spacial score (nSPS) is 13.0. The molecule has 0 aliphatic rings. The van der Waals surface area contributed by atoms with Gasteiger partial charge in [-0.25, -0.2) is 8.42 Å². The van der Waals surface area contributed by atoms with E-state index < -0.39 is 22.0 Å². The van der Waals surface area contributed by atoms with Crippen LogP contribution in [-0.4, -0.2) is 34.8 Å². The van der Waals surface area contributed by atoms with Crippen molar-refractivity contribution in [3.63, 3.8) is 0 Å². The molecular formula is C15H16N2O4S. The van der Waals surface area contributed by atoms with E-state index in [1.807, 2.05) is 6.07 Å². The van der Waals surface area contributed by atoms with E-state index in [0.717, 1.165) is 4.31 Å². The van der Waals surface area contributed by atoms with E-state index in [1.165, 1.54) is 31.5 Å². The highest BCUT2D eigenvalue weighted by molar-refractivity contribution is 7.89. The number of hydrogen-bond acceptors (Lipinski definition) is 4. The highest BCUT2D eigenvalue weighted by Crippen LogP contribution is 2.20. The third-order valence-electron chi connectivity index (χ3n) is 3.21. The van der Waals surface area contributed by atoms with Crippen molar-refractivity contribution in [1.29, 1.82) is 0 Å². The molecule has 1 heterocycles. The van der Waals surface area contributed by atoms with E-state index in [4.69, 9.17) is 0 Å². The van der Waals surface area contributed by atoms with Gasteiger partial charge in [-0.2, -0.15) is 4.31 Å². The summed E-state index contributed by atoms with van der Waals surface area (Å²) in [6.45, 7) is 1.32. The summed E-state index contributed by atoms with van der Waals surface area (Å²) in [6.07, 6.45) is 2.67. The maximum absolute atomic E-state index is 12.7.